The van der Waals surface area contributed by atoms with Crippen molar-refractivity contribution in [3.05, 3.63) is 81.5 Å². The molecule has 0 aliphatic rings. The van der Waals surface area contributed by atoms with Gasteiger partial charge in [0.2, 0.25) is 5.91 Å². The summed E-state index contributed by atoms with van der Waals surface area (Å²) in [7, 11) is 0. The van der Waals surface area contributed by atoms with Crippen LogP contribution in [0.25, 0.3) is 11.4 Å². The highest BCUT2D eigenvalue weighted by molar-refractivity contribution is 6.01. The van der Waals surface area contributed by atoms with Crippen molar-refractivity contribution in [2.45, 2.75) is 26.8 Å². The third-order valence-corrected chi connectivity index (χ3v) is 4.93. The zero-order valence-electron chi connectivity index (χ0n) is 18.3. The number of rotatable bonds is 8. The van der Waals surface area contributed by atoms with E-state index in [9.17, 15) is 23.9 Å². The molecule has 0 aliphatic carbocycles. The van der Waals surface area contributed by atoms with Crippen LogP contribution in [0.5, 0.6) is 0 Å². The highest BCUT2D eigenvalue weighted by Gasteiger charge is 2.19. The second kappa shape index (κ2) is 10.6. The first-order valence-corrected chi connectivity index (χ1v) is 10.4. The summed E-state index contributed by atoms with van der Waals surface area (Å²) >= 11 is 0. The summed E-state index contributed by atoms with van der Waals surface area (Å²) in [5, 5.41) is 12.0. The summed E-state index contributed by atoms with van der Waals surface area (Å²) in [6.07, 6.45) is 0.0781. The van der Waals surface area contributed by atoms with Crippen molar-refractivity contribution in [2.75, 3.05) is 18.5 Å². The van der Waals surface area contributed by atoms with E-state index in [0.29, 0.717) is 11.3 Å². The number of nitrogens with zero attached hydrogens (tertiary/aromatic N) is 2. The minimum Gasteiger partial charge on any atom is -0.462 e. The molecule has 33 heavy (non-hydrogen) atoms. The van der Waals surface area contributed by atoms with Crippen molar-refractivity contribution in [1.82, 2.24) is 9.55 Å². The Kier molecular flexibility index (Phi) is 7.68. The predicted molar refractivity (Wildman–Crippen MR) is 120 cm³/mol. The van der Waals surface area contributed by atoms with Crippen LogP contribution in [0.15, 0.2) is 53.3 Å². The van der Waals surface area contributed by atoms with Gasteiger partial charge in [0.15, 0.2) is 0 Å². The summed E-state index contributed by atoms with van der Waals surface area (Å²) in [5.41, 5.74) is 1.09. The van der Waals surface area contributed by atoms with E-state index < -0.39 is 29.8 Å². The monoisotopic (exact) mass is 453 g/mol. The maximum atomic E-state index is 13.4. The number of hydrogen-bond acceptors (Lipinski definition) is 6. The van der Waals surface area contributed by atoms with Crippen LogP contribution < -0.4 is 10.9 Å². The molecule has 3 rings (SSSR count). The summed E-state index contributed by atoms with van der Waals surface area (Å²) < 4.78 is 19.6. The molecule has 1 amide bonds. The van der Waals surface area contributed by atoms with E-state index in [0.717, 1.165) is 0 Å². The van der Waals surface area contributed by atoms with E-state index in [1.165, 1.54) is 34.9 Å². The van der Waals surface area contributed by atoms with Gasteiger partial charge in [0.25, 0.3) is 5.56 Å². The Morgan fingerprint density at radius 3 is 2.52 bits per heavy atom. The second-order valence-corrected chi connectivity index (χ2v) is 7.19. The van der Waals surface area contributed by atoms with Crippen LogP contribution in [0, 0.1) is 12.7 Å². The van der Waals surface area contributed by atoms with Crippen LogP contribution in [0.1, 0.15) is 28.5 Å². The fraction of sp³-hybridized carbons (Fsp3) is 0.250. The quantitative estimate of drug-likeness (QED) is 0.508. The van der Waals surface area contributed by atoms with Gasteiger partial charge in [0.05, 0.1) is 17.9 Å². The van der Waals surface area contributed by atoms with Gasteiger partial charge in [-0.2, -0.15) is 0 Å². The van der Waals surface area contributed by atoms with Gasteiger partial charge in [-0.1, -0.05) is 12.1 Å². The maximum absolute atomic E-state index is 13.4. The first-order valence-electron chi connectivity index (χ1n) is 10.4. The van der Waals surface area contributed by atoms with Gasteiger partial charge in [-0.3, -0.25) is 14.2 Å². The predicted octanol–water partition coefficient (Wildman–Crippen LogP) is 2.71. The number of aliphatic hydroxyl groups excluding tert-OH is 1. The lowest BCUT2D eigenvalue weighted by molar-refractivity contribution is -0.116. The molecule has 0 radical (unpaired) electrons. The highest BCUT2D eigenvalue weighted by Crippen LogP contribution is 2.20. The molecule has 3 aromatic rings. The summed E-state index contributed by atoms with van der Waals surface area (Å²) in [6.45, 7) is 2.83. The third-order valence-electron chi connectivity index (χ3n) is 4.93. The number of carbonyl (C=O) groups is 2. The molecule has 0 atom stereocenters. The Morgan fingerprint density at radius 1 is 1.15 bits per heavy atom. The van der Waals surface area contributed by atoms with E-state index in [2.05, 4.69) is 10.3 Å². The van der Waals surface area contributed by atoms with Gasteiger partial charge in [0.1, 0.15) is 18.2 Å². The number of amides is 1. The molecule has 0 unspecified atom stereocenters. The molecule has 0 spiro atoms. The molecule has 9 heteroatoms. The van der Waals surface area contributed by atoms with Crippen molar-refractivity contribution < 1.29 is 23.8 Å². The largest absolute Gasteiger partial charge is 0.462 e. The number of aromatic nitrogens is 2. The summed E-state index contributed by atoms with van der Waals surface area (Å²) in [5.74, 6) is -1.42. The Morgan fingerprint density at radius 2 is 1.85 bits per heavy atom. The first-order chi connectivity index (χ1) is 15.8. The molecule has 8 nitrogen and oxygen atoms in total. The van der Waals surface area contributed by atoms with Gasteiger partial charge in [-0.05, 0) is 50.2 Å². The number of esters is 1. The lowest BCUT2D eigenvalue weighted by Crippen LogP contribution is -2.33. The number of benzene rings is 2. The topological polar surface area (TPSA) is 111 Å². The summed E-state index contributed by atoms with van der Waals surface area (Å²) in [4.78, 5) is 42.7. The number of carbonyl (C=O) groups excluding carboxylic acids is 2. The van der Waals surface area contributed by atoms with Crippen LogP contribution >= 0.6 is 0 Å². The Labute approximate surface area is 189 Å². The average molecular weight is 453 g/mol. The number of hydrogen-bond donors (Lipinski definition) is 2. The van der Waals surface area contributed by atoms with Gasteiger partial charge >= 0.3 is 5.97 Å². The van der Waals surface area contributed by atoms with Gasteiger partial charge in [-0.15, -0.1) is 0 Å². The SMILES string of the molecule is CCOC(=O)c1ccccc1NC(=O)Cn1c(-c2ccc(F)cc2)nc(C)c(CCO)c1=O. The maximum Gasteiger partial charge on any atom is 0.340 e. The lowest BCUT2D eigenvalue weighted by atomic mass is 10.1. The molecule has 0 saturated heterocycles. The van der Waals surface area contributed by atoms with Crippen molar-refractivity contribution >= 4 is 17.6 Å². The zero-order valence-corrected chi connectivity index (χ0v) is 18.3. The molecule has 0 saturated carbocycles. The molecule has 0 bridgehead atoms. The van der Waals surface area contributed by atoms with E-state index in [-0.39, 0.29) is 42.3 Å². The van der Waals surface area contributed by atoms with Crippen LogP contribution in [-0.2, 0) is 22.5 Å². The van der Waals surface area contributed by atoms with Crippen molar-refractivity contribution in [2.24, 2.45) is 0 Å². The van der Waals surface area contributed by atoms with Crippen molar-refractivity contribution in [1.29, 1.82) is 0 Å². The Balaban J connectivity index is 2.00. The van der Waals surface area contributed by atoms with Crippen LogP contribution in [-0.4, -0.2) is 39.7 Å². The lowest BCUT2D eigenvalue weighted by Gasteiger charge is -2.16. The number of halogens is 1. The molecule has 2 aromatic carbocycles. The molecule has 0 aliphatic heterocycles. The van der Waals surface area contributed by atoms with E-state index in [1.807, 2.05) is 0 Å². The normalized spacial score (nSPS) is 10.7. The Bertz CT molecular complexity index is 1220. The van der Waals surface area contributed by atoms with E-state index in [1.54, 1.807) is 32.0 Å². The average Bonchev–Trinajstić information content (AvgIpc) is 2.79. The molecule has 0 fully saturated rings. The third kappa shape index (κ3) is 5.50. The highest BCUT2D eigenvalue weighted by atomic mass is 19.1. The minimum absolute atomic E-state index is 0.0781. The number of anilines is 1. The van der Waals surface area contributed by atoms with Gasteiger partial charge in [-0.25, -0.2) is 14.2 Å². The molecule has 2 N–H and O–H groups in total. The standard InChI is InChI=1S/C24H24FN3O5/c1-3-33-24(32)19-6-4-5-7-20(19)27-21(30)14-28-22(16-8-10-17(25)11-9-16)26-15(2)18(12-13-29)23(28)31/h4-11,29H,3,12-14H2,1-2H3,(H,27,30). The number of nitrogens with one attached hydrogen (secondary N) is 1. The van der Waals surface area contributed by atoms with Crippen molar-refractivity contribution in [3.8, 4) is 11.4 Å². The molecule has 1 heterocycles. The van der Waals surface area contributed by atoms with Crippen LogP contribution in [0.4, 0.5) is 10.1 Å². The number of para-hydroxylation sites is 1. The van der Waals surface area contributed by atoms with Crippen molar-refractivity contribution in [3.63, 3.8) is 0 Å². The molecule has 1 aromatic heterocycles. The fourth-order valence-electron chi connectivity index (χ4n) is 3.38. The van der Waals surface area contributed by atoms with Gasteiger partial charge < -0.3 is 15.2 Å². The first kappa shape index (κ1) is 23.8. The smallest absolute Gasteiger partial charge is 0.340 e. The van der Waals surface area contributed by atoms with E-state index in [4.69, 9.17) is 4.74 Å². The molecule has 172 valence electrons. The van der Waals surface area contributed by atoms with Crippen LogP contribution in [0.3, 0.4) is 0 Å². The minimum atomic E-state index is -0.584. The number of ether oxygens (including phenoxy) is 1. The summed E-state index contributed by atoms with van der Waals surface area (Å²) in [6, 6.07) is 11.8. The number of aryl methyl sites for hydroxylation is 1. The zero-order chi connectivity index (χ0) is 24.0. The molecular weight excluding hydrogens is 429 g/mol. The van der Waals surface area contributed by atoms with E-state index >= 15 is 0 Å². The van der Waals surface area contributed by atoms with Gasteiger partial charge in [0, 0.05) is 29.8 Å². The fourth-order valence-corrected chi connectivity index (χ4v) is 3.38. The second-order valence-electron chi connectivity index (χ2n) is 7.19. The number of aliphatic hydroxyl groups is 1. The molecular formula is C24H24FN3O5. The van der Waals surface area contributed by atoms with Crippen LogP contribution in [0.2, 0.25) is 0 Å². The Hall–Kier alpha value is -3.85.